The SMILES string of the molecule is Fc1cc(C2CCCCC2)ccc1-c1ccc(C2CCCCC2)c(F)c1F. The van der Waals surface area contributed by atoms with Crippen LogP contribution < -0.4 is 0 Å². The quantitative estimate of drug-likeness (QED) is 0.514. The van der Waals surface area contributed by atoms with Gasteiger partial charge in [-0.3, -0.25) is 0 Å². The molecule has 2 aliphatic carbocycles. The van der Waals surface area contributed by atoms with Gasteiger partial charge in [0.2, 0.25) is 0 Å². The van der Waals surface area contributed by atoms with E-state index in [1.54, 1.807) is 18.2 Å². The van der Waals surface area contributed by atoms with Gasteiger partial charge in [0, 0.05) is 11.1 Å². The first-order valence-corrected chi connectivity index (χ1v) is 10.4. The molecule has 27 heavy (non-hydrogen) atoms. The van der Waals surface area contributed by atoms with Crippen molar-refractivity contribution in [2.45, 2.75) is 76.0 Å². The minimum Gasteiger partial charge on any atom is -0.206 e. The summed E-state index contributed by atoms with van der Waals surface area (Å²) in [5.41, 5.74) is 1.62. The predicted octanol–water partition coefficient (Wildman–Crippen LogP) is 7.87. The highest BCUT2D eigenvalue weighted by Crippen LogP contribution is 2.38. The highest BCUT2D eigenvalue weighted by molar-refractivity contribution is 5.66. The number of benzene rings is 2. The van der Waals surface area contributed by atoms with Crippen LogP contribution in [0.4, 0.5) is 13.2 Å². The second-order valence-electron chi connectivity index (χ2n) is 8.24. The van der Waals surface area contributed by atoms with Gasteiger partial charge < -0.3 is 0 Å². The fraction of sp³-hybridized carbons (Fsp3) is 0.500. The van der Waals surface area contributed by atoms with Crippen molar-refractivity contribution in [3.8, 4) is 11.1 Å². The van der Waals surface area contributed by atoms with Gasteiger partial charge in [-0.2, -0.15) is 0 Å². The zero-order valence-electron chi connectivity index (χ0n) is 15.7. The van der Waals surface area contributed by atoms with E-state index < -0.39 is 17.5 Å². The molecule has 0 heterocycles. The van der Waals surface area contributed by atoms with Crippen LogP contribution in [0.25, 0.3) is 11.1 Å². The first-order valence-electron chi connectivity index (χ1n) is 10.4. The van der Waals surface area contributed by atoms with Gasteiger partial charge in [0.15, 0.2) is 11.6 Å². The van der Waals surface area contributed by atoms with E-state index in [9.17, 15) is 13.2 Å². The third-order valence-corrected chi connectivity index (χ3v) is 6.52. The highest BCUT2D eigenvalue weighted by Gasteiger charge is 2.24. The summed E-state index contributed by atoms with van der Waals surface area (Å²) in [5, 5.41) is 0. The predicted molar refractivity (Wildman–Crippen MR) is 103 cm³/mol. The summed E-state index contributed by atoms with van der Waals surface area (Å²) in [6.45, 7) is 0. The molecular weight excluding hydrogens is 345 g/mol. The lowest BCUT2D eigenvalue weighted by atomic mass is 9.82. The largest absolute Gasteiger partial charge is 0.206 e. The van der Waals surface area contributed by atoms with E-state index in [0.29, 0.717) is 11.5 Å². The molecule has 2 saturated carbocycles. The van der Waals surface area contributed by atoms with Crippen LogP contribution in [0, 0.1) is 17.5 Å². The molecule has 2 aromatic carbocycles. The molecule has 0 atom stereocenters. The number of halogens is 3. The number of hydrogen-bond acceptors (Lipinski definition) is 0. The maximum Gasteiger partial charge on any atom is 0.167 e. The Morgan fingerprint density at radius 1 is 0.593 bits per heavy atom. The van der Waals surface area contributed by atoms with Gasteiger partial charge in [0.25, 0.3) is 0 Å². The Labute approximate surface area is 159 Å². The molecule has 0 saturated heterocycles. The third-order valence-electron chi connectivity index (χ3n) is 6.52. The van der Waals surface area contributed by atoms with Gasteiger partial charge in [0.05, 0.1) is 0 Å². The lowest BCUT2D eigenvalue weighted by Gasteiger charge is -2.23. The summed E-state index contributed by atoms with van der Waals surface area (Å²) in [4.78, 5) is 0. The molecule has 3 heteroatoms. The van der Waals surface area contributed by atoms with Crippen molar-refractivity contribution >= 4 is 0 Å². The van der Waals surface area contributed by atoms with Crippen molar-refractivity contribution in [1.82, 2.24) is 0 Å². The molecule has 0 aliphatic heterocycles. The first kappa shape index (κ1) is 18.6. The molecule has 0 aromatic heterocycles. The molecule has 0 amide bonds. The molecule has 0 bridgehead atoms. The van der Waals surface area contributed by atoms with E-state index in [4.69, 9.17) is 0 Å². The molecule has 4 rings (SSSR count). The van der Waals surface area contributed by atoms with Gasteiger partial charge in [-0.25, -0.2) is 13.2 Å². The Kier molecular flexibility index (Phi) is 5.56. The maximum absolute atomic E-state index is 14.8. The van der Waals surface area contributed by atoms with E-state index in [-0.39, 0.29) is 17.0 Å². The smallest absolute Gasteiger partial charge is 0.167 e. The Bertz CT molecular complexity index is 800. The van der Waals surface area contributed by atoms with Crippen LogP contribution in [0.3, 0.4) is 0 Å². The zero-order valence-corrected chi connectivity index (χ0v) is 15.7. The van der Waals surface area contributed by atoms with Crippen molar-refractivity contribution in [3.05, 3.63) is 58.9 Å². The summed E-state index contributed by atoms with van der Waals surface area (Å²) < 4.78 is 44.3. The standard InChI is InChI=1S/C24H27F3/c25-22-15-18(16-7-3-1-4-8-16)11-12-20(22)21-14-13-19(23(26)24(21)27)17-9-5-2-6-10-17/h11-17H,1-10H2. The van der Waals surface area contributed by atoms with Crippen LogP contribution in [0.1, 0.15) is 87.2 Å². The normalized spacial score (nSPS) is 19.4. The van der Waals surface area contributed by atoms with Crippen molar-refractivity contribution in [2.24, 2.45) is 0 Å². The lowest BCUT2D eigenvalue weighted by Crippen LogP contribution is -2.09. The Morgan fingerprint density at radius 3 is 1.81 bits per heavy atom. The maximum atomic E-state index is 14.8. The molecule has 0 spiro atoms. The fourth-order valence-electron chi connectivity index (χ4n) is 4.94. The summed E-state index contributed by atoms with van der Waals surface area (Å²) >= 11 is 0. The minimum atomic E-state index is -0.914. The van der Waals surface area contributed by atoms with E-state index in [1.807, 2.05) is 6.07 Å². The fourth-order valence-corrected chi connectivity index (χ4v) is 4.94. The van der Waals surface area contributed by atoms with Crippen molar-refractivity contribution in [1.29, 1.82) is 0 Å². The molecule has 0 radical (unpaired) electrons. The monoisotopic (exact) mass is 372 g/mol. The Hall–Kier alpha value is -1.77. The second-order valence-corrected chi connectivity index (χ2v) is 8.24. The molecule has 2 aliphatic rings. The first-order chi connectivity index (χ1) is 13.1. The van der Waals surface area contributed by atoms with Crippen molar-refractivity contribution in [3.63, 3.8) is 0 Å². The lowest BCUT2D eigenvalue weighted by molar-refractivity contribution is 0.417. The number of hydrogen-bond donors (Lipinski definition) is 0. The van der Waals surface area contributed by atoms with Crippen LogP contribution in [0.15, 0.2) is 30.3 Å². The van der Waals surface area contributed by atoms with Gasteiger partial charge in [0.1, 0.15) is 5.82 Å². The van der Waals surface area contributed by atoms with Gasteiger partial charge in [-0.1, -0.05) is 62.8 Å². The molecule has 2 fully saturated rings. The average Bonchev–Trinajstić information content (AvgIpc) is 2.72. The third kappa shape index (κ3) is 3.79. The van der Waals surface area contributed by atoms with Crippen LogP contribution >= 0.6 is 0 Å². The van der Waals surface area contributed by atoms with Crippen molar-refractivity contribution in [2.75, 3.05) is 0 Å². The summed E-state index contributed by atoms with van der Waals surface area (Å²) in [6, 6.07) is 8.26. The molecule has 2 aromatic rings. The van der Waals surface area contributed by atoms with Crippen LogP contribution in [-0.2, 0) is 0 Å². The minimum absolute atomic E-state index is 0.0275. The summed E-state index contributed by atoms with van der Waals surface area (Å²) in [7, 11) is 0. The van der Waals surface area contributed by atoms with E-state index >= 15 is 0 Å². The van der Waals surface area contributed by atoms with Gasteiger partial charge >= 0.3 is 0 Å². The summed E-state index contributed by atoms with van der Waals surface area (Å²) in [6.07, 6.45) is 10.9. The second kappa shape index (κ2) is 8.08. The summed E-state index contributed by atoms with van der Waals surface area (Å²) in [5.74, 6) is -1.70. The Morgan fingerprint density at radius 2 is 1.19 bits per heavy atom. The highest BCUT2D eigenvalue weighted by atomic mass is 19.2. The molecule has 144 valence electrons. The average molecular weight is 372 g/mol. The van der Waals surface area contributed by atoms with Crippen molar-refractivity contribution < 1.29 is 13.2 Å². The van der Waals surface area contributed by atoms with Crippen LogP contribution in [0.5, 0.6) is 0 Å². The van der Waals surface area contributed by atoms with Crippen LogP contribution in [-0.4, -0.2) is 0 Å². The van der Waals surface area contributed by atoms with Gasteiger partial charge in [-0.15, -0.1) is 0 Å². The molecular formula is C24H27F3. The van der Waals surface area contributed by atoms with E-state index in [0.717, 1.165) is 50.5 Å². The van der Waals surface area contributed by atoms with Gasteiger partial charge in [-0.05, 0) is 54.7 Å². The van der Waals surface area contributed by atoms with E-state index in [1.165, 1.54) is 25.3 Å². The number of rotatable bonds is 3. The molecule has 0 nitrogen and oxygen atoms in total. The zero-order chi connectivity index (χ0) is 18.8. The molecule has 0 unspecified atom stereocenters. The Balaban J connectivity index is 1.63. The molecule has 0 N–H and O–H groups in total. The van der Waals surface area contributed by atoms with Crippen LogP contribution in [0.2, 0.25) is 0 Å². The topological polar surface area (TPSA) is 0 Å². The van der Waals surface area contributed by atoms with E-state index in [2.05, 4.69) is 0 Å².